The molecule has 0 bridgehead atoms. The van der Waals surface area contributed by atoms with Crippen LogP contribution >= 0.6 is 0 Å². The number of rotatable bonds is 23. The number of allylic oxidation sites excluding steroid dienone is 2. The van der Waals surface area contributed by atoms with E-state index >= 15 is 0 Å². The third kappa shape index (κ3) is 14.8. The highest BCUT2D eigenvalue weighted by Crippen LogP contribution is 2.38. The number of carbonyl (C=O) groups is 4. The number of carbonyl (C=O) groups excluding carboxylic acids is 3. The lowest BCUT2D eigenvalue weighted by atomic mass is 9.79. The summed E-state index contributed by atoms with van der Waals surface area (Å²) in [7, 11) is 0. The lowest BCUT2D eigenvalue weighted by Crippen LogP contribution is -2.35. The second-order valence-corrected chi connectivity index (χ2v) is 15.3. The quantitative estimate of drug-likeness (QED) is 0.0424. The molecule has 1 aliphatic rings. The van der Waals surface area contributed by atoms with Gasteiger partial charge in [0.15, 0.2) is 0 Å². The molecule has 4 rings (SSSR count). The highest BCUT2D eigenvalue weighted by Gasteiger charge is 2.36. The van der Waals surface area contributed by atoms with E-state index in [1.165, 1.54) is 11.1 Å². The molecular weight excluding hydrogens is 753 g/mol. The van der Waals surface area contributed by atoms with Crippen LogP contribution in [0.25, 0.3) is 0 Å². The van der Waals surface area contributed by atoms with E-state index in [1.54, 1.807) is 26.8 Å². The van der Waals surface area contributed by atoms with Crippen LogP contribution in [0.1, 0.15) is 94.7 Å². The van der Waals surface area contributed by atoms with Gasteiger partial charge in [0, 0.05) is 12.2 Å². The first-order chi connectivity index (χ1) is 28.3. The number of hydrogen-bond acceptors (Lipinski definition) is 10. The van der Waals surface area contributed by atoms with Gasteiger partial charge in [0.05, 0.1) is 11.8 Å². The molecule has 59 heavy (non-hydrogen) atoms. The van der Waals surface area contributed by atoms with E-state index in [0.717, 1.165) is 30.6 Å². The van der Waals surface area contributed by atoms with Crippen LogP contribution in [0.3, 0.4) is 0 Å². The van der Waals surface area contributed by atoms with Gasteiger partial charge < -0.3 is 33.5 Å². The zero-order chi connectivity index (χ0) is 42.9. The molecule has 0 spiro atoms. The maximum absolute atomic E-state index is 12.8. The van der Waals surface area contributed by atoms with Crippen LogP contribution in [-0.2, 0) is 33.4 Å². The molecule has 3 aromatic carbocycles. The number of ether oxygens (including phenoxy) is 6. The SMILES string of the molecule is C=CC(=O)OC(C)COc1ccc(C(C)CC(CC(C)c2ccc(OCC(C)OC(=O)C3CC=CCC3C(=O)O)cc2)c2ccc(OCC(C)OC(=O)C=C)cc2)cc1. The van der Waals surface area contributed by atoms with Crippen LogP contribution in [0.5, 0.6) is 17.2 Å². The summed E-state index contributed by atoms with van der Waals surface area (Å²) < 4.78 is 33.7. The largest absolute Gasteiger partial charge is 0.490 e. The fourth-order valence-corrected chi connectivity index (χ4v) is 6.98. The minimum Gasteiger partial charge on any atom is -0.490 e. The lowest BCUT2D eigenvalue weighted by molar-refractivity contribution is -0.162. The molecule has 0 saturated heterocycles. The van der Waals surface area contributed by atoms with Crippen molar-refractivity contribution in [3.8, 4) is 17.2 Å². The number of aliphatic carboxylic acids is 1. The molecule has 0 saturated carbocycles. The topological polar surface area (TPSA) is 144 Å². The molecule has 0 aliphatic heterocycles. The second kappa shape index (κ2) is 22.9. The average molecular weight is 811 g/mol. The molecule has 0 radical (unpaired) electrons. The lowest BCUT2D eigenvalue weighted by Gasteiger charge is -2.26. The summed E-state index contributed by atoms with van der Waals surface area (Å²) in [5, 5.41) is 9.53. The van der Waals surface area contributed by atoms with Gasteiger partial charge in [-0.3, -0.25) is 9.59 Å². The van der Waals surface area contributed by atoms with Gasteiger partial charge in [-0.15, -0.1) is 0 Å². The predicted molar refractivity (Wildman–Crippen MR) is 225 cm³/mol. The van der Waals surface area contributed by atoms with Gasteiger partial charge in [0.1, 0.15) is 55.4 Å². The summed E-state index contributed by atoms with van der Waals surface area (Å²) >= 11 is 0. The second-order valence-electron chi connectivity index (χ2n) is 15.3. The molecule has 0 amide bonds. The van der Waals surface area contributed by atoms with Crippen molar-refractivity contribution in [2.24, 2.45) is 11.8 Å². The van der Waals surface area contributed by atoms with Gasteiger partial charge in [-0.2, -0.15) is 0 Å². The summed E-state index contributed by atoms with van der Waals surface area (Å²) in [5.41, 5.74) is 3.49. The van der Waals surface area contributed by atoms with E-state index in [-0.39, 0.29) is 37.6 Å². The third-order valence-corrected chi connectivity index (χ3v) is 10.3. The fourth-order valence-electron chi connectivity index (χ4n) is 6.98. The van der Waals surface area contributed by atoms with E-state index in [4.69, 9.17) is 28.4 Å². The smallest absolute Gasteiger partial charge is 0.330 e. The van der Waals surface area contributed by atoms with Gasteiger partial charge in [-0.25, -0.2) is 9.59 Å². The molecule has 3 aromatic rings. The number of hydrogen-bond donors (Lipinski definition) is 1. The Morgan fingerprint density at radius 1 is 0.576 bits per heavy atom. The molecule has 8 unspecified atom stereocenters. The van der Waals surface area contributed by atoms with Crippen molar-refractivity contribution in [1.82, 2.24) is 0 Å². The van der Waals surface area contributed by atoms with Crippen molar-refractivity contribution in [3.63, 3.8) is 0 Å². The van der Waals surface area contributed by atoms with Gasteiger partial charge in [-0.1, -0.05) is 75.6 Å². The summed E-state index contributed by atoms with van der Waals surface area (Å²) in [6, 6.07) is 24.0. The van der Waals surface area contributed by atoms with Crippen LogP contribution in [-0.4, -0.2) is 67.1 Å². The van der Waals surface area contributed by atoms with Crippen LogP contribution in [0.15, 0.2) is 110 Å². The minimum atomic E-state index is -0.995. The van der Waals surface area contributed by atoms with Crippen LogP contribution in [0.2, 0.25) is 0 Å². The Labute approximate surface area is 348 Å². The molecule has 0 heterocycles. The third-order valence-electron chi connectivity index (χ3n) is 10.3. The molecule has 1 aliphatic carbocycles. The van der Waals surface area contributed by atoms with Crippen molar-refractivity contribution in [3.05, 3.63) is 127 Å². The van der Waals surface area contributed by atoms with Crippen LogP contribution in [0.4, 0.5) is 0 Å². The highest BCUT2D eigenvalue weighted by atomic mass is 16.6. The highest BCUT2D eigenvalue weighted by molar-refractivity contribution is 5.82. The number of carboxylic acid groups (broad SMARTS) is 1. The van der Waals surface area contributed by atoms with Crippen molar-refractivity contribution < 1.29 is 52.7 Å². The summed E-state index contributed by atoms with van der Waals surface area (Å²) in [6.45, 7) is 17.1. The van der Waals surface area contributed by atoms with Crippen molar-refractivity contribution in [2.75, 3.05) is 19.8 Å². The molecule has 0 aromatic heterocycles. The Kier molecular flexibility index (Phi) is 17.8. The Morgan fingerprint density at radius 2 is 0.932 bits per heavy atom. The minimum absolute atomic E-state index is 0.136. The Bertz CT molecular complexity index is 1870. The summed E-state index contributed by atoms with van der Waals surface area (Å²) in [6.07, 6.45) is 6.87. The van der Waals surface area contributed by atoms with Gasteiger partial charge in [-0.05, 0) is 117 Å². The molecule has 0 fully saturated rings. The van der Waals surface area contributed by atoms with Crippen molar-refractivity contribution >= 4 is 23.9 Å². The van der Waals surface area contributed by atoms with Crippen LogP contribution in [0, 0.1) is 11.8 Å². The molecule has 1 N–H and O–H groups in total. The fraction of sp³-hybridized carbons (Fsp3) is 0.417. The van der Waals surface area contributed by atoms with Gasteiger partial charge in [0.2, 0.25) is 0 Å². The zero-order valence-electron chi connectivity index (χ0n) is 34.8. The monoisotopic (exact) mass is 810 g/mol. The molecular formula is C48H58O11. The Balaban J connectivity index is 1.40. The molecule has 11 nitrogen and oxygen atoms in total. The Hall–Kier alpha value is -5.84. The molecule has 316 valence electrons. The van der Waals surface area contributed by atoms with Crippen LogP contribution < -0.4 is 14.2 Å². The summed E-state index contributed by atoms with van der Waals surface area (Å²) in [4.78, 5) is 47.5. The van der Waals surface area contributed by atoms with E-state index in [2.05, 4.69) is 63.4 Å². The average Bonchev–Trinajstić information content (AvgIpc) is 3.24. The zero-order valence-corrected chi connectivity index (χ0v) is 34.8. The van der Waals surface area contributed by atoms with E-state index in [0.29, 0.717) is 30.1 Å². The maximum Gasteiger partial charge on any atom is 0.330 e. The van der Waals surface area contributed by atoms with Crippen molar-refractivity contribution in [1.29, 1.82) is 0 Å². The first-order valence-corrected chi connectivity index (χ1v) is 20.2. The first kappa shape index (κ1) is 45.9. The van der Waals surface area contributed by atoms with E-state index < -0.39 is 54.0 Å². The number of carboxylic acids is 1. The Morgan fingerprint density at radius 3 is 1.31 bits per heavy atom. The standard InChI is InChI=1S/C48H58O11/c1-8-45(49)57-33(5)28-54-40-20-14-36(15-21-40)31(3)26-39(38-18-24-42(25-19-38)55-29-34(6)58-46(50)9-2)27-32(4)37-16-22-41(23-17-37)56-30-35(7)59-48(53)44-13-11-10-12-43(44)47(51)52/h8-11,14-25,31-35,39,43-44H,1-2,12-13,26-30H2,3-7H3,(H,51,52). The number of esters is 3. The normalized spacial score (nSPS) is 17.8. The van der Waals surface area contributed by atoms with E-state index in [1.807, 2.05) is 42.5 Å². The number of benzene rings is 3. The van der Waals surface area contributed by atoms with Crippen molar-refractivity contribution in [2.45, 2.75) is 96.4 Å². The van der Waals surface area contributed by atoms with Gasteiger partial charge >= 0.3 is 23.9 Å². The maximum atomic E-state index is 12.8. The van der Waals surface area contributed by atoms with Gasteiger partial charge in [0.25, 0.3) is 0 Å². The molecule has 8 atom stereocenters. The summed E-state index contributed by atoms with van der Waals surface area (Å²) in [5.74, 6) is -1.40. The predicted octanol–water partition coefficient (Wildman–Crippen LogP) is 9.13. The van der Waals surface area contributed by atoms with E-state index in [9.17, 15) is 24.3 Å². The first-order valence-electron chi connectivity index (χ1n) is 20.2. The molecule has 11 heteroatoms.